The van der Waals surface area contributed by atoms with Gasteiger partial charge in [-0.15, -0.1) is 0 Å². The van der Waals surface area contributed by atoms with E-state index in [1.165, 1.54) is 7.11 Å². The standard InChI is InChI=1S/C10H19N3O2/c1-15-10(14)13-6-5-12-9-7(11)3-2-4-8(9)13/h7-9,12H,2-6,11H2,1H3. The van der Waals surface area contributed by atoms with E-state index in [1.807, 2.05) is 4.90 Å². The zero-order chi connectivity index (χ0) is 10.8. The van der Waals surface area contributed by atoms with Crippen LogP contribution in [0.2, 0.25) is 0 Å². The maximum Gasteiger partial charge on any atom is 0.409 e. The van der Waals surface area contributed by atoms with Crippen molar-refractivity contribution in [2.45, 2.75) is 37.4 Å². The van der Waals surface area contributed by atoms with Crippen LogP contribution in [0.15, 0.2) is 0 Å². The Morgan fingerprint density at radius 3 is 3.07 bits per heavy atom. The van der Waals surface area contributed by atoms with E-state index < -0.39 is 0 Å². The number of carbonyl (C=O) groups is 1. The maximum atomic E-state index is 11.6. The number of nitrogens with two attached hydrogens (primary N) is 1. The summed E-state index contributed by atoms with van der Waals surface area (Å²) in [5.41, 5.74) is 6.05. The largest absolute Gasteiger partial charge is 0.453 e. The smallest absolute Gasteiger partial charge is 0.409 e. The zero-order valence-corrected chi connectivity index (χ0v) is 9.11. The molecule has 0 aromatic rings. The van der Waals surface area contributed by atoms with E-state index in [9.17, 15) is 4.79 Å². The molecule has 0 aromatic carbocycles. The number of rotatable bonds is 0. The number of hydrogen-bond acceptors (Lipinski definition) is 4. The molecule has 86 valence electrons. The van der Waals surface area contributed by atoms with E-state index in [0.717, 1.165) is 32.4 Å². The second-order valence-corrected chi connectivity index (χ2v) is 4.31. The van der Waals surface area contributed by atoms with E-state index in [2.05, 4.69) is 5.32 Å². The Morgan fingerprint density at radius 1 is 1.53 bits per heavy atom. The number of carbonyl (C=O) groups excluding carboxylic acids is 1. The minimum atomic E-state index is -0.222. The number of piperazine rings is 1. The molecule has 1 saturated heterocycles. The first kappa shape index (κ1) is 10.7. The van der Waals surface area contributed by atoms with E-state index in [1.54, 1.807) is 0 Å². The van der Waals surface area contributed by atoms with Gasteiger partial charge in [-0.1, -0.05) is 0 Å². The number of nitrogens with zero attached hydrogens (tertiary/aromatic N) is 1. The molecule has 1 amide bonds. The fourth-order valence-electron chi connectivity index (χ4n) is 2.71. The molecule has 1 heterocycles. The van der Waals surface area contributed by atoms with Gasteiger partial charge in [0, 0.05) is 25.2 Å². The third-order valence-corrected chi connectivity index (χ3v) is 3.46. The molecule has 5 nitrogen and oxygen atoms in total. The summed E-state index contributed by atoms with van der Waals surface area (Å²) in [5, 5.41) is 3.41. The van der Waals surface area contributed by atoms with E-state index in [0.29, 0.717) is 0 Å². The molecule has 3 N–H and O–H groups in total. The molecule has 1 saturated carbocycles. The summed E-state index contributed by atoms with van der Waals surface area (Å²) < 4.78 is 4.79. The number of ether oxygens (including phenoxy) is 1. The molecule has 5 heteroatoms. The summed E-state index contributed by atoms with van der Waals surface area (Å²) in [6, 6.07) is 0.623. The van der Waals surface area contributed by atoms with Gasteiger partial charge in [-0.3, -0.25) is 0 Å². The van der Waals surface area contributed by atoms with Crippen LogP contribution in [0.4, 0.5) is 4.79 Å². The molecule has 2 rings (SSSR count). The first-order valence-corrected chi connectivity index (χ1v) is 5.57. The van der Waals surface area contributed by atoms with Crippen molar-refractivity contribution < 1.29 is 9.53 Å². The minimum absolute atomic E-state index is 0.163. The lowest BCUT2D eigenvalue weighted by Gasteiger charge is -2.46. The summed E-state index contributed by atoms with van der Waals surface area (Å²) in [6.07, 6.45) is 2.95. The van der Waals surface area contributed by atoms with Crippen molar-refractivity contribution in [3.05, 3.63) is 0 Å². The molecule has 0 spiro atoms. The molecule has 0 aromatic heterocycles. The van der Waals surface area contributed by atoms with Crippen LogP contribution in [-0.4, -0.2) is 49.3 Å². The van der Waals surface area contributed by atoms with Crippen molar-refractivity contribution in [2.24, 2.45) is 5.73 Å². The van der Waals surface area contributed by atoms with Crippen LogP contribution in [0.25, 0.3) is 0 Å². The van der Waals surface area contributed by atoms with Gasteiger partial charge in [-0.2, -0.15) is 0 Å². The van der Waals surface area contributed by atoms with Crippen molar-refractivity contribution in [1.82, 2.24) is 10.2 Å². The summed E-state index contributed by atoms with van der Waals surface area (Å²) in [6.45, 7) is 1.53. The summed E-state index contributed by atoms with van der Waals surface area (Å²) in [4.78, 5) is 13.4. The number of methoxy groups -OCH3 is 1. The van der Waals surface area contributed by atoms with E-state index in [4.69, 9.17) is 10.5 Å². The zero-order valence-electron chi connectivity index (χ0n) is 9.11. The molecule has 1 aliphatic carbocycles. The second kappa shape index (κ2) is 4.37. The predicted octanol–water partition coefficient (Wildman–Crippen LogP) is -0.0936. The van der Waals surface area contributed by atoms with Gasteiger partial charge in [0.05, 0.1) is 13.2 Å². The average Bonchev–Trinajstić information content (AvgIpc) is 2.28. The summed E-state index contributed by atoms with van der Waals surface area (Å²) >= 11 is 0. The molecule has 3 atom stereocenters. The van der Waals surface area contributed by atoms with Gasteiger partial charge in [0.2, 0.25) is 0 Å². The van der Waals surface area contributed by atoms with E-state index >= 15 is 0 Å². The first-order chi connectivity index (χ1) is 7.24. The van der Waals surface area contributed by atoms with Gasteiger partial charge >= 0.3 is 6.09 Å². The Kier molecular flexibility index (Phi) is 3.11. The predicted molar refractivity (Wildman–Crippen MR) is 56.5 cm³/mol. The Morgan fingerprint density at radius 2 is 2.33 bits per heavy atom. The Labute approximate surface area is 89.9 Å². The lowest BCUT2D eigenvalue weighted by atomic mass is 9.84. The Balaban J connectivity index is 2.09. The fourth-order valence-corrected chi connectivity index (χ4v) is 2.71. The topological polar surface area (TPSA) is 67.6 Å². The van der Waals surface area contributed by atoms with Crippen molar-refractivity contribution >= 4 is 6.09 Å². The Bertz CT molecular complexity index is 247. The number of amides is 1. The normalized spacial score (nSPS) is 35.9. The van der Waals surface area contributed by atoms with Gasteiger partial charge in [0.1, 0.15) is 0 Å². The molecule has 2 fully saturated rings. The molecule has 2 aliphatic rings. The monoisotopic (exact) mass is 213 g/mol. The van der Waals surface area contributed by atoms with Crippen LogP contribution in [0.1, 0.15) is 19.3 Å². The molecular weight excluding hydrogens is 194 g/mol. The maximum absolute atomic E-state index is 11.6. The van der Waals surface area contributed by atoms with Gasteiger partial charge in [-0.25, -0.2) is 4.79 Å². The van der Waals surface area contributed by atoms with Gasteiger partial charge in [-0.05, 0) is 19.3 Å². The van der Waals surface area contributed by atoms with Crippen molar-refractivity contribution in [1.29, 1.82) is 0 Å². The lowest BCUT2D eigenvalue weighted by molar-refractivity contribution is 0.0584. The van der Waals surface area contributed by atoms with Crippen molar-refractivity contribution in [3.63, 3.8) is 0 Å². The van der Waals surface area contributed by atoms with Crippen LogP contribution in [0.5, 0.6) is 0 Å². The van der Waals surface area contributed by atoms with Gasteiger partial charge in [0.15, 0.2) is 0 Å². The summed E-state index contributed by atoms with van der Waals surface area (Å²) in [5.74, 6) is 0. The highest BCUT2D eigenvalue weighted by molar-refractivity contribution is 5.68. The highest BCUT2D eigenvalue weighted by Gasteiger charge is 2.39. The quantitative estimate of drug-likeness (QED) is 0.590. The molecule has 0 radical (unpaired) electrons. The number of hydrogen-bond donors (Lipinski definition) is 2. The molecule has 15 heavy (non-hydrogen) atoms. The van der Waals surface area contributed by atoms with Crippen LogP contribution < -0.4 is 11.1 Å². The SMILES string of the molecule is COC(=O)N1CCNC2C(N)CCCC21. The van der Waals surface area contributed by atoms with Crippen LogP contribution >= 0.6 is 0 Å². The van der Waals surface area contributed by atoms with E-state index in [-0.39, 0.29) is 24.2 Å². The molecular formula is C10H19N3O2. The average molecular weight is 213 g/mol. The molecule has 3 unspecified atom stereocenters. The second-order valence-electron chi connectivity index (χ2n) is 4.31. The minimum Gasteiger partial charge on any atom is -0.453 e. The highest BCUT2D eigenvalue weighted by atomic mass is 16.5. The number of fused-ring (bicyclic) bond motifs is 1. The van der Waals surface area contributed by atoms with Crippen LogP contribution in [-0.2, 0) is 4.74 Å². The Hall–Kier alpha value is -0.810. The summed E-state index contributed by atoms with van der Waals surface area (Å²) in [7, 11) is 1.43. The van der Waals surface area contributed by atoms with Gasteiger partial charge in [0.25, 0.3) is 0 Å². The lowest BCUT2D eigenvalue weighted by Crippen LogP contribution is -2.66. The third-order valence-electron chi connectivity index (χ3n) is 3.46. The van der Waals surface area contributed by atoms with Gasteiger partial charge < -0.3 is 20.7 Å². The van der Waals surface area contributed by atoms with Crippen molar-refractivity contribution in [3.8, 4) is 0 Å². The van der Waals surface area contributed by atoms with Crippen molar-refractivity contribution in [2.75, 3.05) is 20.2 Å². The highest BCUT2D eigenvalue weighted by Crippen LogP contribution is 2.25. The number of nitrogens with one attached hydrogen (secondary N) is 1. The molecule has 1 aliphatic heterocycles. The fraction of sp³-hybridized carbons (Fsp3) is 0.900. The van der Waals surface area contributed by atoms with Crippen LogP contribution in [0.3, 0.4) is 0 Å². The molecule has 0 bridgehead atoms. The van der Waals surface area contributed by atoms with Crippen LogP contribution in [0, 0.1) is 0 Å². The third kappa shape index (κ3) is 1.94. The first-order valence-electron chi connectivity index (χ1n) is 5.57.